The van der Waals surface area contributed by atoms with Gasteiger partial charge >= 0.3 is 0 Å². The van der Waals surface area contributed by atoms with E-state index in [1.807, 2.05) is 13.8 Å². The van der Waals surface area contributed by atoms with Gasteiger partial charge in [0.05, 0.1) is 0 Å². The second-order valence-electron chi connectivity index (χ2n) is 2.88. The van der Waals surface area contributed by atoms with Crippen molar-refractivity contribution >= 4 is 0 Å². The van der Waals surface area contributed by atoms with Crippen LogP contribution in [0.3, 0.4) is 0 Å². The van der Waals surface area contributed by atoms with Crippen molar-refractivity contribution < 1.29 is 10.2 Å². The summed E-state index contributed by atoms with van der Waals surface area (Å²) in [7, 11) is 0. The maximum absolute atomic E-state index is 8.88. The van der Waals surface area contributed by atoms with E-state index >= 15 is 0 Å². The predicted octanol–water partition coefficient (Wildman–Crippen LogP) is 1.91. The molecule has 2 heteroatoms. The normalized spacial score (nSPS) is 23.3. The van der Waals surface area contributed by atoms with Gasteiger partial charge in [-0.25, -0.2) is 0 Å². The van der Waals surface area contributed by atoms with Crippen molar-refractivity contribution in [2.45, 2.75) is 13.8 Å². The fourth-order valence-corrected chi connectivity index (χ4v) is 0.894. The van der Waals surface area contributed by atoms with Crippen molar-refractivity contribution in [3.63, 3.8) is 0 Å². The maximum Gasteiger partial charge on any atom is 0.153 e. The third kappa shape index (κ3) is 1.07. The van der Waals surface area contributed by atoms with Gasteiger partial charge < -0.3 is 10.2 Å². The lowest BCUT2D eigenvalue weighted by molar-refractivity contribution is 0.330. The zero-order valence-corrected chi connectivity index (χ0v) is 5.55. The van der Waals surface area contributed by atoms with Gasteiger partial charge in [0.25, 0.3) is 0 Å². The second kappa shape index (κ2) is 1.53. The molecule has 0 aromatic carbocycles. The van der Waals surface area contributed by atoms with E-state index in [2.05, 4.69) is 0 Å². The molecule has 2 nitrogen and oxygen atoms in total. The first-order chi connectivity index (χ1) is 4.01. The molecule has 1 aliphatic carbocycles. The number of allylic oxidation sites excluding steroid dienone is 2. The summed E-state index contributed by atoms with van der Waals surface area (Å²) in [5.41, 5.74) is -0.186. The fourth-order valence-electron chi connectivity index (χ4n) is 0.894. The topological polar surface area (TPSA) is 40.5 Å². The molecule has 0 saturated heterocycles. The van der Waals surface area contributed by atoms with E-state index in [4.69, 9.17) is 10.2 Å². The lowest BCUT2D eigenvalue weighted by Gasteiger charge is -2.07. The lowest BCUT2D eigenvalue weighted by atomic mass is 9.97. The van der Waals surface area contributed by atoms with Crippen LogP contribution in [0.15, 0.2) is 23.7 Å². The van der Waals surface area contributed by atoms with Gasteiger partial charge in [-0.3, -0.25) is 0 Å². The van der Waals surface area contributed by atoms with Crippen molar-refractivity contribution in [3.05, 3.63) is 23.7 Å². The lowest BCUT2D eigenvalue weighted by Crippen LogP contribution is -1.98. The molecule has 0 amide bonds. The van der Waals surface area contributed by atoms with Crippen LogP contribution in [0.5, 0.6) is 0 Å². The van der Waals surface area contributed by atoms with Crippen LogP contribution in [0.1, 0.15) is 13.8 Å². The van der Waals surface area contributed by atoms with Crippen molar-refractivity contribution in [2.24, 2.45) is 5.41 Å². The molecule has 2 N–H and O–H groups in total. The van der Waals surface area contributed by atoms with E-state index in [0.29, 0.717) is 0 Å². The smallest absolute Gasteiger partial charge is 0.153 e. The van der Waals surface area contributed by atoms with Crippen LogP contribution < -0.4 is 0 Å². The highest BCUT2D eigenvalue weighted by Crippen LogP contribution is 2.30. The molecule has 1 rings (SSSR count). The largest absolute Gasteiger partial charge is 0.504 e. The standard InChI is InChI=1S/C7H10O2/c1-7(2)3-5(8)6(9)4-7/h3-4,8-9H,1-2H3. The molecule has 0 bridgehead atoms. The van der Waals surface area contributed by atoms with Crippen molar-refractivity contribution in [3.8, 4) is 0 Å². The Hall–Kier alpha value is -0.920. The Kier molecular flexibility index (Phi) is 1.05. The first kappa shape index (κ1) is 6.20. The zero-order valence-electron chi connectivity index (χ0n) is 5.55. The number of rotatable bonds is 0. The maximum atomic E-state index is 8.88. The molecule has 0 heterocycles. The van der Waals surface area contributed by atoms with Gasteiger partial charge in [-0.15, -0.1) is 0 Å². The van der Waals surface area contributed by atoms with Gasteiger partial charge in [-0.1, -0.05) is 13.8 Å². The van der Waals surface area contributed by atoms with Crippen LogP contribution in [0, 0.1) is 5.41 Å². The van der Waals surface area contributed by atoms with Gasteiger partial charge in [0.2, 0.25) is 0 Å². The monoisotopic (exact) mass is 126 g/mol. The third-order valence-corrected chi connectivity index (χ3v) is 1.28. The van der Waals surface area contributed by atoms with Gasteiger partial charge in [0.15, 0.2) is 11.5 Å². The average molecular weight is 126 g/mol. The number of aliphatic hydroxyl groups is 2. The first-order valence-electron chi connectivity index (χ1n) is 2.85. The summed E-state index contributed by atoms with van der Waals surface area (Å²) in [6.07, 6.45) is 3.23. The van der Waals surface area contributed by atoms with Crippen LogP contribution in [0.4, 0.5) is 0 Å². The second-order valence-corrected chi connectivity index (χ2v) is 2.88. The summed E-state index contributed by atoms with van der Waals surface area (Å²) in [4.78, 5) is 0. The number of hydrogen-bond acceptors (Lipinski definition) is 2. The molecule has 0 aromatic rings. The molecular weight excluding hydrogens is 116 g/mol. The van der Waals surface area contributed by atoms with Crippen LogP contribution >= 0.6 is 0 Å². The Morgan fingerprint density at radius 3 is 1.56 bits per heavy atom. The minimum Gasteiger partial charge on any atom is -0.504 e. The Bertz CT molecular complexity index is 167. The molecule has 0 atom stereocenters. The van der Waals surface area contributed by atoms with Gasteiger partial charge in [0, 0.05) is 5.41 Å². The van der Waals surface area contributed by atoms with Crippen LogP contribution in [-0.4, -0.2) is 10.2 Å². The predicted molar refractivity (Wildman–Crippen MR) is 35.2 cm³/mol. The molecule has 0 radical (unpaired) electrons. The molecule has 0 aliphatic heterocycles. The van der Waals surface area contributed by atoms with Gasteiger partial charge in [-0.2, -0.15) is 0 Å². The highest BCUT2D eigenvalue weighted by molar-refractivity contribution is 5.31. The van der Waals surface area contributed by atoms with Crippen LogP contribution in [-0.2, 0) is 0 Å². The Balaban J connectivity index is 2.96. The van der Waals surface area contributed by atoms with E-state index in [9.17, 15) is 0 Å². The van der Waals surface area contributed by atoms with Gasteiger partial charge in [-0.05, 0) is 12.2 Å². The minimum atomic E-state index is -0.186. The summed E-state index contributed by atoms with van der Waals surface area (Å²) in [5, 5.41) is 17.8. The Labute approximate surface area is 54.1 Å². The summed E-state index contributed by atoms with van der Waals surface area (Å²) in [5.74, 6) is -0.0278. The van der Waals surface area contributed by atoms with E-state index in [-0.39, 0.29) is 16.9 Å². The SMILES string of the molecule is CC1(C)C=C(O)C(O)=C1. The molecule has 50 valence electrons. The summed E-state index contributed by atoms with van der Waals surface area (Å²) < 4.78 is 0. The fraction of sp³-hybridized carbons (Fsp3) is 0.429. The highest BCUT2D eigenvalue weighted by atomic mass is 16.3. The first-order valence-corrected chi connectivity index (χ1v) is 2.85. The third-order valence-electron chi connectivity index (χ3n) is 1.28. The molecule has 0 fully saturated rings. The summed E-state index contributed by atoms with van der Waals surface area (Å²) in [6.45, 7) is 3.82. The molecule has 1 aliphatic rings. The quantitative estimate of drug-likeness (QED) is 0.520. The van der Waals surface area contributed by atoms with Gasteiger partial charge in [0.1, 0.15) is 0 Å². The molecule has 0 saturated carbocycles. The summed E-state index contributed by atoms with van der Waals surface area (Å²) >= 11 is 0. The molecular formula is C7H10O2. The number of hydrogen-bond donors (Lipinski definition) is 2. The molecule has 0 unspecified atom stereocenters. The minimum absolute atomic E-state index is 0.0139. The molecule has 0 spiro atoms. The van der Waals surface area contributed by atoms with E-state index in [1.54, 1.807) is 12.2 Å². The van der Waals surface area contributed by atoms with Crippen molar-refractivity contribution in [2.75, 3.05) is 0 Å². The average Bonchev–Trinajstić information content (AvgIpc) is 1.79. The Morgan fingerprint density at radius 2 is 1.44 bits per heavy atom. The number of aliphatic hydroxyl groups excluding tert-OH is 2. The highest BCUT2D eigenvalue weighted by Gasteiger charge is 2.22. The molecule has 9 heavy (non-hydrogen) atoms. The van der Waals surface area contributed by atoms with Crippen LogP contribution in [0.25, 0.3) is 0 Å². The zero-order chi connectivity index (χ0) is 7.07. The van der Waals surface area contributed by atoms with E-state index in [0.717, 1.165) is 0 Å². The van der Waals surface area contributed by atoms with Crippen LogP contribution in [0.2, 0.25) is 0 Å². The van der Waals surface area contributed by atoms with E-state index in [1.165, 1.54) is 0 Å². The van der Waals surface area contributed by atoms with Crippen molar-refractivity contribution in [1.29, 1.82) is 0 Å². The van der Waals surface area contributed by atoms with E-state index < -0.39 is 0 Å². The summed E-state index contributed by atoms with van der Waals surface area (Å²) in [6, 6.07) is 0. The van der Waals surface area contributed by atoms with Crippen molar-refractivity contribution in [1.82, 2.24) is 0 Å². The Morgan fingerprint density at radius 1 is 1.11 bits per heavy atom. The molecule has 0 aromatic heterocycles.